The molecule has 0 fully saturated rings. The van der Waals surface area contributed by atoms with Crippen LogP contribution in [0.25, 0.3) is 10.8 Å². The van der Waals surface area contributed by atoms with E-state index in [9.17, 15) is 9.59 Å². The van der Waals surface area contributed by atoms with Gasteiger partial charge in [0.15, 0.2) is 5.69 Å². The van der Waals surface area contributed by atoms with Crippen molar-refractivity contribution in [3.8, 4) is 0 Å². The van der Waals surface area contributed by atoms with Gasteiger partial charge in [-0.05, 0) is 12.1 Å². The molecule has 0 saturated heterocycles. The van der Waals surface area contributed by atoms with E-state index in [4.69, 9.17) is 11.6 Å². The zero-order valence-corrected chi connectivity index (χ0v) is 11.4. The average Bonchev–Trinajstić information content (AvgIpc) is 2.50. The molecule has 0 saturated carbocycles. The Kier molecular flexibility index (Phi) is 3.37. The summed E-state index contributed by atoms with van der Waals surface area (Å²) < 4.78 is 0. The number of hydrogen-bond acceptors (Lipinski definition) is 4. The maximum atomic E-state index is 12.3. The molecule has 1 amide bonds. The lowest BCUT2D eigenvalue weighted by Crippen LogP contribution is -2.19. The van der Waals surface area contributed by atoms with E-state index in [1.807, 2.05) is 0 Å². The standard InChI is InChI=1S/C14H9ClN4O2/c15-10-5-6-16-7-11(10)17-14(21)12-8-3-1-2-4-9(8)13(20)19-18-12/h1-7H,(H,17,21)(H,19,20). The number of carbonyl (C=O) groups is 1. The smallest absolute Gasteiger partial charge is 0.276 e. The van der Waals surface area contributed by atoms with Crippen molar-refractivity contribution in [2.45, 2.75) is 0 Å². The first-order chi connectivity index (χ1) is 10.2. The van der Waals surface area contributed by atoms with Crippen LogP contribution in [0.3, 0.4) is 0 Å². The van der Waals surface area contributed by atoms with Gasteiger partial charge in [-0.15, -0.1) is 0 Å². The third kappa shape index (κ3) is 2.48. The fourth-order valence-corrected chi connectivity index (χ4v) is 2.09. The van der Waals surface area contributed by atoms with Gasteiger partial charge < -0.3 is 5.32 Å². The number of benzene rings is 1. The quantitative estimate of drug-likeness (QED) is 0.759. The van der Waals surface area contributed by atoms with E-state index in [1.54, 1.807) is 30.3 Å². The summed E-state index contributed by atoms with van der Waals surface area (Å²) in [7, 11) is 0. The molecule has 0 unspecified atom stereocenters. The lowest BCUT2D eigenvalue weighted by atomic mass is 10.1. The zero-order valence-electron chi connectivity index (χ0n) is 10.6. The summed E-state index contributed by atoms with van der Waals surface area (Å²) in [6.07, 6.45) is 2.96. The molecule has 3 aromatic rings. The van der Waals surface area contributed by atoms with Crippen molar-refractivity contribution in [2.75, 3.05) is 5.32 Å². The molecule has 0 aliphatic heterocycles. The fraction of sp³-hybridized carbons (Fsp3) is 0. The number of H-pyrrole nitrogens is 1. The summed E-state index contributed by atoms with van der Waals surface area (Å²) in [6, 6.07) is 8.31. The maximum absolute atomic E-state index is 12.3. The number of halogens is 1. The Morgan fingerprint density at radius 1 is 1.19 bits per heavy atom. The number of fused-ring (bicyclic) bond motifs is 1. The van der Waals surface area contributed by atoms with E-state index in [2.05, 4.69) is 20.5 Å². The SMILES string of the molecule is O=C(Nc1cnccc1Cl)c1n[nH]c(=O)c2ccccc12. The Labute approximate surface area is 123 Å². The van der Waals surface area contributed by atoms with Gasteiger partial charge in [-0.2, -0.15) is 5.10 Å². The Morgan fingerprint density at radius 3 is 2.71 bits per heavy atom. The number of aromatic nitrogens is 3. The van der Waals surface area contributed by atoms with Gasteiger partial charge >= 0.3 is 0 Å². The second-order valence-electron chi connectivity index (χ2n) is 4.26. The van der Waals surface area contributed by atoms with Crippen molar-refractivity contribution in [2.24, 2.45) is 0 Å². The molecular weight excluding hydrogens is 292 g/mol. The molecule has 7 heteroatoms. The molecule has 0 bridgehead atoms. The highest BCUT2D eigenvalue weighted by Gasteiger charge is 2.15. The normalized spacial score (nSPS) is 10.5. The molecular formula is C14H9ClN4O2. The van der Waals surface area contributed by atoms with Crippen LogP contribution in [0, 0.1) is 0 Å². The third-order valence-electron chi connectivity index (χ3n) is 2.93. The minimum absolute atomic E-state index is 0.116. The topological polar surface area (TPSA) is 87.7 Å². The van der Waals surface area contributed by atoms with E-state index in [0.29, 0.717) is 21.5 Å². The van der Waals surface area contributed by atoms with Gasteiger partial charge in [0.1, 0.15) is 0 Å². The van der Waals surface area contributed by atoms with Gasteiger partial charge in [0.2, 0.25) is 0 Å². The van der Waals surface area contributed by atoms with Crippen molar-refractivity contribution < 1.29 is 4.79 Å². The van der Waals surface area contributed by atoms with Crippen molar-refractivity contribution in [3.05, 3.63) is 63.8 Å². The van der Waals surface area contributed by atoms with Gasteiger partial charge in [-0.1, -0.05) is 29.8 Å². The van der Waals surface area contributed by atoms with Crippen LogP contribution < -0.4 is 10.9 Å². The molecule has 0 radical (unpaired) electrons. The molecule has 6 nitrogen and oxygen atoms in total. The summed E-state index contributed by atoms with van der Waals surface area (Å²) in [5.74, 6) is -0.475. The number of pyridine rings is 1. The van der Waals surface area contributed by atoms with Crippen LogP contribution in [0.5, 0.6) is 0 Å². The van der Waals surface area contributed by atoms with Crippen molar-refractivity contribution in [1.82, 2.24) is 15.2 Å². The van der Waals surface area contributed by atoms with Crippen LogP contribution in [-0.2, 0) is 0 Å². The Balaban J connectivity index is 2.05. The Bertz CT molecular complexity index is 891. The minimum Gasteiger partial charge on any atom is -0.318 e. The van der Waals surface area contributed by atoms with E-state index in [-0.39, 0.29) is 11.3 Å². The van der Waals surface area contributed by atoms with Gasteiger partial charge in [0.05, 0.1) is 22.3 Å². The van der Waals surface area contributed by atoms with Crippen LogP contribution >= 0.6 is 11.6 Å². The molecule has 2 aromatic heterocycles. The third-order valence-corrected chi connectivity index (χ3v) is 3.26. The number of rotatable bonds is 2. The molecule has 0 aliphatic rings. The summed E-state index contributed by atoms with van der Waals surface area (Å²) >= 11 is 5.97. The van der Waals surface area contributed by atoms with E-state index in [0.717, 1.165) is 0 Å². The second-order valence-corrected chi connectivity index (χ2v) is 4.66. The molecule has 3 rings (SSSR count). The lowest BCUT2D eigenvalue weighted by molar-refractivity contribution is 0.102. The van der Waals surface area contributed by atoms with Crippen LogP contribution in [-0.4, -0.2) is 21.1 Å². The van der Waals surface area contributed by atoms with Gasteiger partial charge in [0, 0.05) is 11.6 Å². The fourth-order valence-electron chi connectivity index (χ4n) is 1.94. The van der Waals surface area contributed by atoms with Crippen LogP contribution in [0.2, 0.25) is 5.02 Å². The van der Waals surface area contributed by atoms with Crippen molar-refractivity contribution in [3.63, 3.8) is 0 Å². The molecule has 2 N–H and O–H groups in total. The number of anilines is 1. The van der Waals surface area contributed by atoms with Gasteiger partial charge in [-0.25, -0.2) is 5.10 Å². The van der Waals surface area contributed by atoms with E-state index in [1.165, 1.54) is 12.4 Å². The second kappa shape index (κ2) is 5.34. The average molecular weight is 301 g/mol. The number of hydrogen-bond donors (Lipinski definition) is 2. The summed E-state index contributed by atoms with van der Waals surface area (Å²) in [6.45, 7) is 0. The van der Waals surface area contributed by atoms with E-state index >= 15 is 0 Å². The number of aromatic amines is 1. The number of amides is 1. The highest BCUT2D eigenvalue weighted by molar-refractivity contribution is 6.33. The van der Waals surface area contributed by atoms with Gasteiger partial charge in [-0.3, -0.25) is 14.6 Å². The van der Waals surface area contributed by atoms with Crippen molar-refractivity contribution in [1.29, 1.82) is 0 Å². The molecule has 2 heterocycles. The summed E-state index contributed by atoms with van der Waals surface area (Å²) in [5, 5.41) is 9.99. The highest BCUT2D eigenvalue weighted by Crippen LogP contribution is 2.20. The predicted molar refractivity (Wildman–Crippen MR) is 79.6 cm³/mol. The van der Waals surface area contributed by atoms with Crippen LogP contribution in [0.4, 0.5) is 5.69 Å². The Hall–Kier alpha value is -2.73. The molecule has 0 aliphatic carbocycles. The largest absolute Gasteiger partial charge is 0.318 e. The molecule has 21 heavy (non-hydrogen) atoms. The molecule has 0 spiro atoms. The first-order valence-corrected chi connectivity index (χ1v) is 6.43. The Morgan fingerprint density at radius 2 is 1.95 bits per heavy atom. The van der Waals surface area contributed by atoms with E-state index < -0.39 is 5.91 Å². The molecule has 104 valence electrons. The summed E-state index contributed by atoms with van der Waals surface area (Å²) in [5.41, 5.74) is 0.146. The van der Waals surface area contributed by atoms with Crippen molar-refractivity contribution >= 4 is 34.0 Å². The highest BCUT2D eigenvalue weighted by atomic mass is 35.5. The number of carbonyl (C=O) groups excluding carboxylic acids is 1. The van der Waals surface area contributed by atoms with Crippen LogP contribution in [0.1, 0.15) is 10.5 Å². The summed E-state index contributed by atoms with van der Waals surface area (Å²) in [4.78, 5) is 27.9. The first kappa shape index (κ1) is 13.3. The zero-order chi connectivity index (χ0) is 14.8. The van der Waals surface area contributed by atoms with Crippen LogP contribution in [0.15, 0.2) is 47.5 Å². The molecule has 1 aromatic carbocycles. The number of nitrogens with one attached hydrogen (secondary N) is 2. The predicted octanol–water partition coefficient (Wildman–Crippen LogP) is 2.22. The number of nitrogens with zero attached hydrogens (tertiary/aromatic N) is 2. The molecule has 0 atom stereocenters. The minimum atomic E-state index is -0.475. The lowest BCUT2D eigenvalue weighted by Gasteiger charge is -2.07. The maximum Gasteiger partial charge on any atom is 0.276 e. The monoisotopic (exact) mass is 300 g/mol. The van der Waals surface area contributed by atoms with Gasteiger partial charge in [0.25, 0.3) is 11.5 Å². The first-order valence-electron chi connectivity index (χ1n) is 6.05.